The lowest BCUT2D eigenvalue weighted by Gasteiger charge is -2.44. The van der Waals surface area contributed by atoms with Crippen LogP contribution in [0.5, 0.6) is 0 Å². The van der Waals surface area contributed by atoms with Crippen LogP contribution >= 0.6 is 0 Å². The van der Waals surface area contributed by atoms with E-state index in [-0.39, 0.29) is 5.54 Å². The summed E-state index contributed by atoms with van der Waals surface area (Å²) in [6.45, 7) is 9.11. The highest BCUT2D eigenvalue weighted by Crippen LogP contribution is 2.42. The highest BCUT2D eigenvalue weighted by atomic mass is 14.8. The van der Waals surface area contributed by atoms with Crippen molar-refractivity contribution in [3.05, 3.63) is 0 Å². The Balaban J connectivity index is 2.67. The first-order valence-corrected chi connectivity index (χ1v) is 4.62. The fourth-order valence-corrected chi connectivity index (χ4v) is 2.23. The van der Waals surface area contributed by atoms with Crippen molar-refractivity contribution in [3.63, 3.8) is 0 Å². The first-order chi connectivity index (χ1) is 4.83. The molecule has 0 saturated heterocycles. The summed E-state index contributed by atoms with van der Waals surface area (Å²) < 4.78 is 0. The maximum Gasteiger partial charge on any atom is 0.0156 e. The van der Waals surface area contributed by atoms with Gasteiger partial charge in [0.2, 0.25) is 0 Å². The molecule has 11 heavy (non-hydrogen) atoms. The van der Waals surface area contributed by atoms with E-state index < -0.39 is 0 Å². The van der Waals surface area contributed by atoms with Gasteiger partial charge in [-0.1, -0.05) is 20.8 Å². The molecule has 1 fully saturated rings. The molecule has 0 heterocycles. The van der Waals surface area contributed by atoms with Gasteiger partial charge in [0, 0.05) is 5.54 Å². The largest absolute Gasteiger partial charge is 0.325 e. The van der Waals surface area contributed by atoms with Crippen molar-refractivity contribution >= 4 is 0 Å². The number of nitrogens with two attached hydrogens (primary N) is 1. The van der Waals surface area contributed by atoms with Crippen molar-refractivity contribution in [3.8, 4) is 0 Å². The molecule has 1 saturated carbocycles. The standard InChI is InChI=1S/C10H21N/c1-8-5-6-9(2,3)7-10(8,4)11/h8H,5-7,11H2,1-4H3. The van der Waals surface area contributed by atoms with E-state index in [9.17, 15) is 0 Å². The molecule has 0 amide bonds. The second kappa shape index (κ2) is 2.48. The van der Waals surface area contributed by atoms with Crippen molar-refractivity contribution in [2.24, 2.45) is 17.1 Å². The van der Waals surface area contributed by atoms with Crippen LogP contribution in [0.2, 0.25) is 0 Å². The SMILES string of the molecule is CC1CCC(C)(C)CC1(C)N. The minimum atomic E-state index is 0.0712. The summed E-state index contributed by atoms with van der Waals surface area (Å²) in [6, 6.07) is 0. The lowest BCUT2D eigenvalue weighted by Crippen LogP contribution is -2.49. The smallest absolute Gasteiger partial charge is 0.0156 e. The Hall–Kier alpha value is -0.0400. The maximum atomic E-state index is 6.20. The summed E-state index contributed by atoms with van der Waals surface area (Å²) in [7, 11) is 0. The molecular weight excluding hydrogens is 134 g/mol. The topological polar surface area (TPSA) is 26.0 Å². The number of rotatable bonds is 0. The van der Waals surface area contributed by atoms with Gasteiger partial charge in [0.15, 0.2) is 0 Å². The molecular formula is C10H21N. The van der Waals surface area contributed by atoms with Crippen LogP contribution in [0.3, 0.4) is 0 Å². The predicted molar refractivity (Wildman–Crippen MR) is 49.4 cm³/mol. The zero-order chi connectivity index (χ0) is 8.70. The minimum Gasteiger partial charge on any atom is -0.325 e. The molecule has 0 aliphatic heterocycles. The molecule has 0 aromatic rings. The number of hydrogen-bond acceptors (Lipinski definition) is 1. The molecule has 0 bridgehead atoms. The number of hydrogen-bond donors (Lipinski definition) is 1. The Labute approximate surface area is 70.4 Å². The molecule has 1 nitrogen and oxygen atoms in total. The normalized spacial score (nSPS) is 43.9. The van der Waals surface area contributed by atoms with Gasteiger partial charge in [-0.15, -0.1) is 0 Å². The van der Waals surface area contributed by atoms with Crippen LogP contribution in [0.15, 0.2) is 0 Å². The molecule has 1 rings (SSSR count). The average Bonchev–Trinajstić information content (AvgIpc) is 1.77. The fourth-order valence-electron chi connectivity index (χ4n) is 2.23. The van der Waals surface area contributed by atoms with E-state index in [0.29, 0.717) is 11.3 Å². The van der Waals surface area contributed by atoms with Gasteiger partial charge in [-0.05, 0) is 37.5 Å². The fraction of sp³-hybridized carbons (Fsp3) is 1.00. The molecule has 1 aliphatic rings. The summed E-state index contributed by atoms with van der Waals surface area (Å²) in [4.78, 5) is 0. The third-order valence-electron chi connectivity index (χ3n) is 3.24. The summed E-state index contributed by atoms with van der Waals surface area (Å²) in [5, 5.41) is 0. The van der Waals surface area contributed by atoms with E-state index in [4.69, 9.17) is 5.73 Å². The molecule has 0 aromatic carbocycles. The lowest BCUT2D eigenvalue weighted by atomic mass is 9.64. The lowest BCUT2D eigenvalue weighted by molar-refractivity contribution is 0.111. The Morgan fingerprint density at radius 3 is 2.18 bits per heavy atom. The highest BCUT2D eigenvalue weighted by molar-refractivity contribution is 4.94. The monoisotopic (exact) mass is 155 g/mol. The van der Waals surface area contributed by atoms with Gasteiger partial charge < -0.3 is 5.73 Å². The zero-order valence-electron chi connectivity index (χ0n) is 8.28. The molecule has 0 aromatic heterocycles. The second-order valence-corrected chi connectivity index (χ2v) is 5.29. The van der Waals surface area contributed by atoms with Crippen LogP contribution in [0.25, 0.3) is 0 Å². The Kier molecular flexibility index (Phi) is 2.04. The molecule has 1 heteroatoms. The van der Waals surface area contributed by atoms with Crippen molar-refractivity contribution in [1.82, 2.24) is 0 Å². The summed E-state index contributed by atoms with van der Waals surface area (Å²) in [5.41, 5.74) is 6.74. The molecule has 2 atom stereocenters. The van der Waals surface area contributed by atoms with E-state index >= 15 is 0 Å². The molecule has 66 valence electrons. The summed E-state index contributed by atoms with van der Waals surface area (Å²) in [6.07, 6.45) is 3.79. The van der Waals surface area contributed by atoms with Gasteiger partial charge in [0.25, 0.3) is 0 Å². The van der Waals surface area contributed by atoms with Crippen molar-refractivity contribution in [2.45, 2.75) is 52.5 Å². The van der Waals surface area contributed by atoms with E-state index in [1.807, 2.05) is 0 Å². The van der Waals surface area contributed by atoms with E-state index in [0.717, 1.165) is 0 Å². The Morgan fingerprint density at radius 1 is 1.27 bits per heavy atom. The Bertz CT molecular complexity index is 147. The predicted octanol–water partition coefficient (Wildman–Crippen LogP) is 2.55. The first kappa shape index (κ1) is 9.05. The zero-order valence-corrected chi connectivity index (χ0v) is 8.28. The van der Waals surface area contributed by atoms with Gasteiger partial charge in [-0.25, -0.2) is 0 Å². The van der Waals surface area contributed by atoms with Crippen LogP contribution < -0.4 is 5.73 Å². The Morgan fingerprint density at radius 2 is 1.82 bits per heavy atom. The summed E-state index contributed by atoms with van der Waals surface area (Å²) in [5.74, 6) is 0.690. The van der Waals surface area contributed by atoms with Gasteiger partial charge in [-0.3, -0.25) is 0 Å². The van der Waals surface area contributed by atoms with Crippen molar-refractivity contribution < 1.29 is 0 Å². The maximum absolute atomic E-state index is 6.20. The van der Waals surface area contributed by atoms with Crippen molar-refractivity contribution in [2.75, 3.05) is 0 Å². The van der Waals surface area contributed by atoms with Gasteiger partial charge in [-0.2, -0.15) is 0 Å². The van der Waals surface area contributed by atoms with E-state index in [2.05, 4.69) is 27.7 Å². The van der Waals surface area contributed by atoms with Crippen LogP contribution in [0.1, 0.15) is 47.0 Å². The van der Waals surface area contributed by atoms with Crippen LogP contribution in [-0.4, -0.2) is 5.54 Å². The third kappa shape index (κ3) is 1.96. The molecule has 0 spiro atoms. The quantitative estimate of drug-likeness (QED) is 0.571. The van der Waals surface area contributed by atoms with Crippen LogP contribution in [0.4, 0.5) is 0 Å². The second-order valence-electron chi connectivity index (χ2n) is 5.29. The van der Waals surface area contributed by atoms with Gasteiger partial charge in [0.1, 0.15) is 0 Å². The third-order valence-corrected chi connectivity index (χ3v) is 3.24. The average molecular weight is 155 g/mol. The highest BCUT2D eigenvalue weighted by Gasteiger charge is 2.38. The van der Waals surface area contributed by atoms with Crippen LogP contribution in [0, 0.1) is 11.3 Å². The molecule has 0 radical (unpaired) electrons. The van der Waals surface area contributed by atoms with Crippen LogP contribution in [-0.2, 0) is 0 Å². The van der Waals surface area contributed by atoms with Gasteiger partial charge >= 0.3 is 0 Å². The molecule has 1 aliphatic carbocycles. The summed E-state index contributed by atoms with van der Waals surface area (Å²) >= 11 is 0. The van der Waals surface area contributed by atoms with E-state index in [1.165, 1.54) is 19.3 Å². The van der Waals surface area contributed by atoms with Gasteiger partial charge in [0.05, 0.1) is 0 Å². The molecule has 2 unspecified atom stereocenters. The first-order valence-electron chi connectivity index (χ1n) is 4.62. The van der Waals surface area contributed by atoms with E-state index in [1.54, 1.807) is 0 Å². The molecule has 2 N–H and O–H groups in total. The van der Waals surface area contributed by atoms with Crippen molar-refractivity contribution in [1.29, 1.82) is 0 Å². The minimum absolute atomic E-state index is 0.0712.